The summed E-state index contributed by atoms with van der Waals surface area (Å²) in [5.74, 6) is -9.60. The van der Waals surface area contributed by atoms with Crippen molar-refractivity contribution in [3.63, 3.8) is 0 Å². The van der Waals surface area contributed by atoms with Crippen LogP contribution in [0.4, 0.5) is 0 Å². The molecule has 0 heterocycles. The molecule has 0 aliphatic carbocycles. The molecule has 9 N–H and O–H groups in total. The van der Waals surface area contributed by atoms with Crippen LogP contribution in [0.15, 0.2) is 0 Å². The number of carboxylic acid groups (broad SMARTS) is 3. The van der Waals surface area contributed by atoms with Crippen molar-refractivity contribution in [1.29, 1.82) is 0 Å². The third-order valence-electron chi connectivity index (χ3n) is 5.50. The number of hydrogen-bond donors (Lipinski definition) is 10. The molecule has 0 saturated heterocycles. The van der Waals surface area contributed by atoms with E-state index in [1.165, 1.54) is 0 Å². The fourth-order valence-corrected chi connectivity index (χ4v) is 3.68. The van der Waals surface area contributed by atoms with Crippen LogP contribution in [0.2, 0.25) is 0 Å². The fourth-order valence-electron chi connectivity index (χ4n) is 3.53. The van der Waals surface area contributed by atoms with Crippen molar-refractivity contribution in [3.05, 3.63) is 0 Å². The average Bonchev–Trinajstić information content (AvgIpc) is 2.86. The maximum absolute atomic E-state index is 13.0. The zero-order chi connectivity index (χ0) is 33.4. The summed E-state index contributed by atoms with van der Waals surface area (Å²) in [4.78, 5) is 108. The monoisotopic (exact) mass is 635 g/mol. The highest BCUT2D eigenvalue weighted by Crippen LogP contribution is 2.08. The van der Waals surface area contributed by atoms with Gasteiger partial charge in [-0.25, -0.2) is 0 Å². The summed E-state index contributed by atoms with van der Waals surface area (Å²) in [6.07, 6.45) is -2.98. The first-order valence-corrected chi connectivity index (χ1v) is 13.3. The first-order chi connectivity index (χ1) is 19.9. The average molecular weight is 636 g/mol. The van der Waals surface area contributed by atoms with E-state index in [1.54, 1.807) is 13.8 Å². The number of carbonyl (C=O) groups excluding carboxylic acids is 6. The lowest BCUT2D eigenvalue weighted by Crippen LogP contribution is -2.59. The number of aliphatic hydroxyl groups excluding tert-OH is 1. The molecule has 5 atom stereocenters. The number of nitrogens with one attached hydrogen (secondary N) is 5. The molecule has 0 unspecified atom stereocenters. The van der Waals surface area contributed by atoms with Gasteiger partial charge in [-0.05, 0) is 18.8 Å². The minimum atomic E-state index is -1.80. The van der Waals surface area contributed by atoms with Gasteiger partial charge >= 0.3 is 17.9 Å². The Bertz CT molecular complexity index is 1080. The molecule has 18 nitrogen and oxygen atoms in total. The minimum Gasteiger partial charge on any atom is -0.481 e. The molecule has 0 aromatic heterocycles. The van der Waals surface area contributed by atoms with Crippen LogP contribution in [-0.2, 0) is 43.2 Å². The lowest BCUT2D eigenvalue weighted by Gasteiger charge is -2.26. The molecular weight excluding hydrogens is 598 g/mol. The van der Waals surface area contributed by atoms with E-state index in [1.807, 2.05) is 10.6 Å². The minimum absolute atomic E-state index is 0.0968. The smallest absolute Gasteiger partial charge is 0.305 e. The van der Waals surface area contributed by atoms with Gasteiger partial charge < -0.3 is 47.0 Å². The highest BCUT2D eigenvalue weighted by Gasteiger charge is 2.33. The van der Waals surface area contributed by atoms with Crippen molar-refractivity contribution in [2.45, 2.75) is 83.1 Å². The molecule has 0 radical (unpaired) electrons. The van der Waals surface area contributed by atoms with Gasteiger partial charge in [0.1, 0.15) is 30.2 Å². The van der Waals surface area contributed by atoms with E-state index in [4.69, 9.17) is 10.2 Å². The van der Waals surface area contributed by atoms with Gasteiger partial charge in [-0.3, -0.25) is 43.2 Å². The molecule has 0 spiro atoms. The number of rotatable bonds is 20. The number of carboxylic acids is 3. The third kappa shape index (κ3) is 16.1. The molecule has 0 aromatic rings. The molecule has 0 fully saturated rings. The maximum Gasteiger partial charge on any atom is 0.305 e. The molecule has 19 heteroatoms. The summed E-state index contributed by atoms with van der Waals surface area (Å²) in [5, 5.41) is 46.5. The van der Waals surface area contributed by atoms with Gasteiger partial charge in [0.25, 0.3) is 0 Å². The number of thiol groups is 1. The maximum atomic E-state index is 13.0. The quantitative estimate of drug-likeness (QED) is 0.0589. The highest BCUT2D eigenvalue weighted by atomic mass is 32.1. The van der Waals surface area contributed by atoms with Gasteiger partial charge in [0.05, 0.1) is 19.4 Å². The molecule has 0 bridgehead atoms. The van der Waals surface area contributed by atoms with E-state index >= 15 is 0 Å². The lowest BCUT2D eigenvalue weighted by atomic mass is 10.0. The van der Waals surface area contributed by atoms with Crippen molar-refractivity contribution in [2.24, 2.45) is 5.92 Å². The molecular formula is C24H37N5O13S. The normalized spacial score (nSPS) is 14.2. The van der Waals surface area contributed by atoms with Crippen LogP contribution in [0.5, 0.6) is 0 Å². The summed E-state index contributed by atoms with van der Waals surface area (Å²) in [7, 11) is 0. The van der Waals surface area contributed by atoms with Crippen LogP contribution in [-0.4, -0.2) is 110 Å². The summed E-state index contributed by atoms with van der Waals surface area (Å²) >= 11 is 3.48. The van der Waals surface area contributed by atoms with E-state index in [2.05, 4.69) is 28.6 Å². The number of aliphatic carboxylic acids is 3. The second-order valence-corrected chi connectivity index (χ2v) is 10.2. The van der Waals surface area contributed by atoms with Crippen molar-refractivity contribution < 1.29 is 63.6 Å². The standard InChI is InChI=1S/C24H37N5O13S/c1-10(2)6-13(25-11(3)31)21(39)27-14(7-18(34)35)22(40)26-12(4-5-17(32)33)20(38)29-16(9-30)23(41)28-15(24(42)43)8-19(36)37/h10,12-16,30H,4-9H2,1-3H3,(H,25,31)(H,26,40)(H,27,39)(H,28,41)(H,29,38)(H,32,33)(H,34,35)(H,36,37)(H,42,43)/t12-,13-,14-,15-,16-/m0/s1. The van der Waals surface area contributed by atoms with Gasteiger partial charge in [-0.2, -0.15) is 0 Å². The van der Waals surface area contributed by atoms with Crippen molar-refractivity contribution in [1.82, 2.24) is 26.6 Å². The Kier molecular flexibility index (Phi) is 17.1. The molecule has 5 amide bonds. The summed E-state index contributed by atoms with van der Waals surface area (Å²) < 4.78 is 0. The summed E-state index contributed by atoms with van der Waals surface area (Å²) in [6.45, 7) is 3.57. The Morgan fingerprint density at radius 3 is 1.47 bits per heavy atom. The van der Waals surface area contributed by atoms with Gasteiger partial charge in [-0.15, -0.1) is 12.6 Å². The summed E-state index contributed by atoms with van der Waals surface area (Å²) in [6, 6.07) is -8.08. The molecule has 0 rings (SSSR count). The van der Waals surface area contributed by atoms with Crippen molar-refractivity contribution in [3.8, 4) is 0 Å². The van der Waals surface area contributed by atoms with Crippen LogP contribution in [0.1, 0.15) is 52.9 Å². The second kappa shape index (κ2) is 19.0. The van der Waals surface area contributed by atoms with Gasteiger partial charge in [0.2, 0.25) is 34.7 Å². The van der Waals surface area contributed by atoms with Crippen LogP contribution in [0.25, 0.3) is 0 Å². The van der Waals surface area contributed by atoms with Crippen LogP contribution in [0.3, 0.4) is 0 Å². The molecule has 0 saturated carbocycles. The van der Waals surface area contributed by atoms with Crippen LogP contribution < -0.4 is 26.6 Å². The number of amides is 5. The van der Waals surface area contributed by atoms with E-state index in [0.717, 1.165) is 6.92 Å². The van der Waals surface area contributed by atoms with Crippen LogP contribution >= 0.6 is 12.6 Å². The number of hydrogen-bond acceptors (Lipinski definition) is 10. The third-order valence-corrected chi connectivity index (χ3v) is 5.81. The molecule has 242 valence electrons. The first-order valence-electron chi connectivity index (χ1n) is 12.8. The predicted molar refractivity (Wildman–Crippen MR) is 147 cm³/mol. The zero-order valence-electron chi connectivity index (χ0n) is 23.6. The Balaban J connectivity index is 5.93. The van der Waals surface area contributed by atoms with E-state index in [9.17, 15) is 53.4 Å². The Morgan fingerprint density at radius 1 is 0.605 bits per heavy atom. The van der Waals surface area contributed by atoms with Gasteiger partial charge in [0, 0.05) is 13.3 Å². The van der Waals surface area contributed by atoms with E-state index in [-0.39, 0.29) is 12.3 Å². The highest BCUT2D eigenvalue weighted by molar-refractivity contribution is 7.96. The van der Waals surface area contributed by atoms with E-state index < -0.39 is 115 Å². The molecule has 0 aliphatic heterocycles. The Morgan fingerprint density at radius 2 is 1.02 bits per heavy atom. The number of carbonyl (C=O) groups is 9. The van der Waals surface area contributed by atoms with Gasteiger partial charge in [0.15, 0.2) is 0 Å². The second-order valence-electron chi connectivity index (χ2n) is 9.78. The Hall–Kier alpha value is -4.26. The SMILES string of the molecule is CC(=O)N[C@@H](CC(C)C)C(=O)N[C@@H](CC(=O)O)C(=O)N[C@@H](CCC(=O)O)C(=O)N[C@@H](CO)C(=O)N[C@@H](CC(=O)O)C(=O)S. The Labute approximate surface area is 251 Å². The predicted octanol–water partition coefficient (Wildman–Crippen LogP) is -3.26. The largest absolute Gasteiger partial charge is 0.481 e. The van der Waals surface area contributed by atoms with Crippen LogP contribution in [0, 0.1) is 5.92 Å². The van der Waals surface area contributed by atoms with Crippen molar-refractivity contribution in [2.75, 3.05) is 6.61 Å². The lowest BCUT2D eigenvalue weighted by molar-refractivity contribution is -0.142. The summed E-state index contributed by atoms with van der Waals surface area (Å²) in [5.41, 5.74) is 0. The fraction of sp³-hybridized carbons (Fsp3) is 0.625. The van der Waals surface area contributed by atoms with E-state index in [0.29, 0.717) is 0 Å². The molecule has 0 aliphatic rings. The molecule has 0 aromatic carbocycles. The number of aliphatic hydroxyl groups is 1. The topological polar surface area (TPSA) is 295 Å². The first kappa shape index (κ1) is 38.7. The molecule has 43 heavy (non-hydrogen) atoms. The zero-order valence-corrected chi connectivity index (χ0v) is 24.5. The van der Waals surface area contributed by atoms with Gasteiger partial charge in [-0.1, -0.05) is 13.8 Å². The van der Waals surface area contributed by atoms with Crippen molar-refractivity contribution >= 4 is 65.2 Å².